The first-order chi connectivity index (χ1) is 18.1. The molecule has 0 fully saturated rings. The number of benzene rings is 2. The minimum absolute atomic E-state index is 0.0995. The van der Waals surface area contributed by atoms with Crippen LogP contribution in [0, 0.1) is 10.1 Å². The third-order valence-electron chi connectivity index (χ3n) is 6.03. The summed E-state index contributed by atoms with van der Waals surface area (Å²) < 4.78 is 12.1. The third kappa shape index (κ3) is 4.77. The number of nitrogens with zero attached hydrogens (tertiary/aromatic N) is 4. The summed E-state index contributed by atoms with van der Waals surface area (Å²) in [6.45, 7) is 3.56. The summed E-state index contributed by atoms with van der Waals surface area (Å²) in [5, 5.41) is 21.5. The molecule has 4 rings (SSSR count). The Morgan fingerprint density at radius 3 is 2.55 bits per heavy atom. The number of phenolic OH excluding ortho intramolecular Hbond substituents is 1. The van der Waals surface area contributed by atoms with Gasteiger partial charge in [-0.2, -0.15) is 0 Å². The number of nitro benzene ring substituents is 1. The van der Waals surface area contributed by atoms with E-state index >= 15 is 0 Å². The van der Waals surface area contributed by atoms with Crippen LogP contribution in [0.4, 0.5) is 11.4 Å². The van der Waals surface area contributed by atoms with Crippen molar-refractivity contribution in [2.24, 2.45) is 4.99 Å². The zero-order valence-corrected chi connectivity index (χ0v) is 22.2. The summed E-state index contributed by atoms with van der Waals surface area (Å²) in [4.78, 5) is 44.3. The second-order valence-corrected chi connectivity index (χ2v) is 9.65. The van der Waals surface area contributed by atoms with E-state index in [1.807, 2.05) is 43.3 Å². The van der Waals surface area contributed by atoms with Crippen LogP contribution in [0.2, 0.25) is 0 Å². The molecule has 1 aromatic heterocycles. The molecule has 0 saturated heterocycles. The Hall–Kier alpha value is -4.45. The number of aromatic hydroxyl groups is 1. The Kier molecular flexibility index (Phi) is 7.35. The largest absolute Gasteiger partial charge is 0.500 e. The number of ether oxygens (including phenoxy) is 2. The number of methoxy groups -OCH3 is 1. The molecular formula is C26H26N4O7S. The molecule has 2 heterocycles. The zero-order chi connectivity index (χ0) is 27.7. The van der Waals surface area contributed by atoms with Crippen LogP contribution in [0.1, 0.15) is 31.0 Å². The molecule has 0 unspecified atom stereocenters. The average molecular weight is 539 g/mol. The summed E-state index contributed by atoms with van der Waals surface area (Å²) in [5.74, 6) is -1.27. The van der Waals surface area contributed by atoms with Crippen molar-refractivity contribution in [3.8, 4) is 11.5 Å². The number of carbonyl (C=O) groups is 1. The fraction of sp³-hybridized carbons (Fsp3) is 0.269. The van der Waals surface area contributed by atoms with Crippen LogP contribution in [0.15, 0.2) is 57.5 Å². The summed E-state index contributed by atoms with van der Waals surface area (Å²) in [6.07, 6.45) is 1.47. The molecule has 1 aliphatic heterocycles. The van der Waals surface area contributed by atoms with E-state index in [0.717, 1.165) is 23.1 Å². The third-order valence-corrected chi connectivity index (χ3v) is 7.02. The maximum Gasteiger partial charge on any atom is 0.338 e. The normalized spacial score (nSPS) is 15.1. The molecule has 1 N–H and O–H groups in total. The number of aromatic nitrogens is 1. The van der Waals surface area contributed by atoms with Crippen LogP contribution >= 0.6 is 11.3 Å². The van der Waals surface area contributed by atoms with Gasteiger partial charge in [0, 0.05) is 25.8 Å². The molecule has 1 atom stereocenters. The number of allylic oxidation sites excluding steroid dienone is 1. The van der Waals surface area contributed by atoms with Gasteiger partial charge in [-0.3, -0.25) is 19.5 Å². The lowest BCUT2D eigenvalue weighted by atomic mass is 9.95. The van der Waals surface area contributed by atoms with Crippen LogP contribution in [-0.4, -0.2) is 48.4 Å². The molecule has 38 heavy (non-hydrogen) atoms. The van der Waals surface area contributed by atoms with Crippen LogP contribution in [0.5, 0.6) is 11.5 Å². The number of rotatable bonds is 7. The number of phenols is 1. The fourth-order valence-electron chi connectivity index (χ4n) is 4.21. The van der Waals surface area contributed by atoms with Crippen molar-refractivity contribution in [3.63, 3.8) is 0 Å². The Morgan fingerprint density at radius 1 is 1.29 bits per heavy atom. The van der Waals surface area contributed by atoms with Crippen molar-refractivity contribution in [3.05, 3.63) is 88.6 Å². The van der Waals surface area contributed by atoms with Crippen LogP contribution in [0.3, 0.4) is 0 Å². The van der Waals surface area contributed by atoms with Crippen molar-refractivity contribution < 1.29 is 24.3 Å². The van der Waals surface area contributed by atoms with Gasteiger partial charge in [0.15, 0.2) is 10.6 Å². The van der Waals surface area contributed by atoms with Gasteiger partial charge in [-0.05, 0) is 49.2 Å². The molecule has 3 aromatic rings. The van der Waals surface area contributed by atoms with Crippen molar-refractivity contribution in [2.75, 3.05) is 32.7 Å². The Morgan fingerprint density at radius 2 is 1.97 bits per heavy atom. The van der Waals surface area contributed by atoms with Gasteiger partial charge in [0.25, 0.3) is 5.56 Å². The van der Waals surface area contributed by atoms with Crippen molar-refractivity contribution in [1.82, 2.24) is 4.57 Å². The van der Waals surface area contributed by atoms with Crippen molar-refractivity contribution >= 4 is 34.8 Å². The highest BCUT2D eigenvalue weighted by Crippen LogP contribution is 2.37. The standard InChI is InChI=1S/C26H26N4O7S/c1-6-37-25(33)21-14(2)27-26-29(22(21)16-7-9-17(10-8-16)28(3)4)24(32)20(38-26)13-15-11-18(30(34)35)23(31)19(12-15)36-5/h7-13,22,31H,6H2,1-5H3/b20-13-/t22-/m1/s1. The number of hydrogen-bond donors (Lipinski definition) is 1. The quantitative estimate of drug-likeness (QED) is 0.275. The minimum atomic E-state index is -0.785. The monoisotopic (exact) mass is 538 g/mol. The highest BCUT2D eigenvalue weighted by atomic mass is 32.1. The zero-order valence-electron chi connectivity index (χ0n) is 21.4. The second-order valence-electron chi connectivity index (χ2n) is 8.64. The number of anilines is 1. The fourth-order valence-corrected chi connectivity index (χ4v) is 5.25. The Labute approximate surface area is 221 Å². The van der Waals surface area contributed by atoms with Crippen molar-refractivity contribution in [1.29, 1.82) is 0 Å². The van der Waals surface area contributed by atoms with Crippen molar-refractivity contribution in [2.45, 2.75) is 19.9 Å². The number of esters is 1. The summed E-state index contributed by atoms with van der Waals surface area (Å²) >= 11 is 1.09. The smallest absolute Gasteiger partial charge is 0.338 e. The van der Waals surface area contributed by atoms with E-state index < -0.39 is 33.9 Å². The minimum Gasteiger partial charge on any atom is -0.500 e. The lowest BCUT2D eigenvalue weighted by Crippen LogP contribution is -2.39. The molecule has 0 bridgehead atoms. The van der Waals surface area contributed by atoms with Crippen LogP contribution in [-0.2, 0) is 9.53 Å². The molecule has 0 aliphatic carbocycles. The van der Waals surface area contributed by atoms with Gasteiger partial charge >= 0.3 is 11.7 Å². The first kappa shape index (κ1) is 26.6. The van der Waals surface area contributed by atoms with E-state index in [-0.39, 0.29) is 28.0 Å². The van der Waals surface area contributed by atoms with Crippen LogP contribution in [0.25, 0.3) is 6.08 Å². The second kappa shape index (κ2) is 10.5. The van der Waals surface area contributed by atoms with Gasteiger partial charge in [0.1, 0.15) is 0 Å². The maximum atomic E-state index is 13.7. The van der Waals surface area contributed by atoms with Gasteiger partial charge in [0.2, 0.25) is 5.75 Å². The molecule has 11 nitrogen and oxygen atoms in total. The molecular weight excluding hydrogens is 512 g/mol. The van der Waals surface area contributed by atoms with E-state index in [2.05, 4.69) is 4.99 Å². The van der Waals surface area contributed by atoms with E-state index in [1.165, 1.54) is 23.8 Å². The lowest BCUT2D eigenvalue weighted by Gasteiger charge is -2.25. The van der Waals surface area contributed by atoms with E-state index in [9.17, 15) is 24.8 Å². The van der Waals surface area contributed by atoms with E-state index in [0.29, 0.717) is 16.1 Å². The molecule has 0 radical (unpaired) electrons. The van der Waals surface area contributed by atoms with E-state index in [4.69, 9.17) is 9.47 Å². The molecule has 12 heteroatoms. The van der Waals surface area contributed by atoms with Gasteiger partial charge in [-0.15, -0.1) is 0 Å². The molecule has 1 aliphatic rings. The van der Waals surface area contributed by atoms with Gasteiger partial charge in [-0.1, -0.05) is 23.5 Å². The van der Waals surface area contributed by atoms with Gasteiger partial charge < -0.3 is 19.5 Å². The highest BCUT2D eigenvalue weighted by Gasteiger charge is 2.33. The first-order valence-corrected chi connectivity index (χ1v) is 12.4. The van der Waals surface area contributed by atoms with Gasteiger partial charge in [-0.25, -0.2) is 9.79 Å². The number of nitro groups is 1. The topological polar surface area (TPSA) is 137 Å². The number of fused-ring (bicyclic) bond motifs is 1. The van der Waals surface area contributed by atoms with Crippen LogP contribution < -0.4 is 24.5 Å². The molecule has 0 amide bonds. The average Bonchev–Trinajstić information content (AvgIpc) is 3.18. The maximum absolute atomic E-state index is 13.7. The number of carbonyl (C=O) groups excluding carboxylic acids is 1. The Bertz CT molecular complexity index is 1640. The number of thiazole rings is 1. The first-order valence-electron chi connectivity index (χ1n) is 11.6. The predicted molar refractivity (Wildman–Crippen MR) is 142 cm³/mol. The molecule has 0 saturated carbocycles. The molecule has 2 aromatic carbocycles. The lowest BCUT2D eigenvalue weighted by molar-refractivity contribution is -0.386. The predicted octanol–water partition coefficient (Wildman–Crippen LogP) is 2.49. The molecule has 198 valence electrons. The number of hydrogen-bond acceptors (Lipinski definition) is 10. The summed E-state index contributed by atoms with van der Waals surface area (Å²) in [6, 6.07) is 9.26. The molecule has 0 spiro atoms. The van der Waals surface area contributed by atoms with E-state index in [1.54, 1.807) is 13.8 Å². The SMILES string of the molecule is CCOC(=O)C1=C(C)N=c2s/c(=C\c3cc(OC)c(O)c([N+](=O)[O-])c3)c(=O)n2[C@@H]1c1ccc(N(C)C)cc1. The van der Waals surface area contributed by atoms with Gasteiger partial charge in [0.05, 0.1) is 40.5 Å². The Balaban J connectivity index is 1.95. The summed E-state index contributed by atoms with van der Waals surface area (Å²) in [7, 11) is 5.10. The summed E-state index contributed by atoms with van der Waals surface area (Å²) in [5.41, 5.74) is 1.63. The highest BCUT2D eigenvalue weighted by molar-refractivity contribution is 7.07.